The number of hydrogen-bond acceptors (Lipinski definition) is 8. The van der Waals surface area contributed by atoms with Crippen molar-refractivity contribution in [1.82, 2.24) is 19.7 Å². The van der Waals surface area contributed by atoms with Crippen LogP contribution in [0.5, 0.6) is 0 Å². The largest absolute Gasteiger partial charge is 0.347 e. The molecule has 45 heavy (non-hydrogen) atoms. The summed E-state index contributed by atoms with van der Waals surface area (Å²) in [4.78, 5) is 31.1. The standard InChI is InChI=1S/C36H57N7OS/c1-12-16-18-25(14-3)22-42(23-26(15-4)19-17-13-2)34-40-30(36(9,10)11)32(45-34)39-29-24(5)27(21-37)33(44)43-31(29)38-28(41-43)20-35(6,7)8/h25-26H,12-20,22-23H2,1-11H3. The molecule has 8 nitrogen and oxygen atoms in total. The second kappa shape index (κ2) is 15.6. The van der Waals surface area contributed by atoms with Crippen LogP contribution in [0.4, 0.5) is 10.1 Å². The fourth-order valence-electron chi connectivity index (χ4n) is 5.81. The lowest BCUT2D eigenvalue weighted by molar-refractivity contribution is 0.0941. The van der Waals surface area contributed by atoms with Gasteiger partial charge in [0.1, 0.15) is 22.4 Å². The summed E-state index contributed by atoms with van der Waals surface area (Å²) in [6.45, 7) is 25.8. The highest BCUT2D eigenvalue weighted by Gasteiger charge is 2.34. The first-order chi connectivity index (χ1) is 21.2. The Morgan fingerprint density at radius 3 is 2.00 bits per heavy atom. The molecule has 2 atom stereocenters. The zero-order chi connectivity index (χ0) is 33.5. The van der Waals surface area contributed by atoms with Crippen molar-refractivity contribution in [2.24, 2.45) is 22.2 Å². The molecule has 3 rings (SSSR count). The Labute approximate surface area is 276 Å². The van der Waals surface area contributed by atoms with Crippen molar-refractivity contribution in [2.75, 3.05) is 18.0 Å². The molecule has 0 bridgehead atoms. The lowest BCUT2D eigenvalue weighted by atomic mass is 9.92. The SMILES string of the molecule is CCCCC(CC)CN(CC(CC)CCCC)c1nc(C(C)(C)C)c(N=C2C(C)=C(C#N)C(=O)n3nc(CC(C)(C)C)nc32)s1. The molecule has 3 heterocycles. The van der Waals surface area contributed by atoms with E-state index in [1.54, 1.807) is 18.3 Å². The van der Waals surface area contributed by atoms with Crippen LogP contribution in [0.15, 0.2) is 16.1 Å². The topological polar surface area (TPSA) is 100 Å². The van der Waals surface area contributed by atoms with Gasteiger partial charge in [0, 0.05) is 30.5 Å². The Kier molecular flexibility index (Phi) is 12.7. The number of rotatable bonds is 15. The van der Waals surface area contributed by atoms with Crippen LogP contribution in [-0.4, -0.2) is 44.5 Å². The van der Waals surface area contributed by atoms with E-state index in [0.29, 0.717) is 41.2 Å². The van der Waals surface area contributed by atoms with E-state index in [-0.39, 0.29) is 16.4 Å². The number of allylic oxidation sites excluding steroid dienone is 2. The highest BCUT2D eigenvalue weighted by Crippen LogP contribution is 2.42. The van der Waals surface area contributed by atoms with Crippen LogP contribution >= 0.6 is 11.3 Å². The van der Waals surface area contributed by atoms with Crippen molar-refractivity contribution in [3.63, 3.8) is 0 Å². The van der Waals surface area contributed by atoms with Gasteiger partial charge >= 0.3 is 0 Å². The predicted octanol–water partition coefficient (Wildman–Crippen LogP) is 9.47. The predicted molar refractivity (Wildman–Crippen MR) is 188 cm³/mol. The van der Waals surface area contributed by atoms with Gasteiger partial charge in [0.25, 0.3) is 5.91 Å². The number of fused-ring (bicyclic) bond motifs is 1. The smallest absolute Gasteiger partial charge is 0.291 e. The molecule has 0 saturated carbocycles. The molecule has 0 amide bonds. The normalized spacial score (nSPS) is 16.2. The summed E-state index contributed by atoms with van der Waals surface area (Å²) in [5.41, 5.74) is 1.72. The molecule has 2 aromatic rings. The fourth-order valence-corrected chi connectivity index (χ4v) is 6.98. The number of aromatic nitrogens is 4. The Balaban J connectivity index is 2.19. The number of nitriles is 1. The molecule has 0 fully saturated rings. The van der Waals surface area contributed by atoms with Crippen molar-refractivity contribution in [3.05, 3.63) is 28.5 Å². The lowest BCUT2D eigenvalue weighted by Crippen LogP contribution is -2.34. The van der Waals surface area contributed by atoms with E-state index < -0.39 is 5.91 Å². The van der Waals surface area contributed by atoms with Crippen LogP contribution in [0, 0.1) is 28.6 Å². The summed E-state index contributed by atoms with van der Waals surface area (Å²) < 4.78 is 1.27. The van der Waals surface area contributed by atoms with E-state index in [9.17, 15) is 10.1 Å². The molecular weight excluding hydrogens is 579 g/mol. The van der Waals surface area contributed by atoms with Crippen molar-refractivity contribution in [1.29, 1.82) is 5.26 Å². The summed E-state index contributed by atoms with van der Waals surface area (Å²) in [6, 6.07) is 2.12. The van der Waals surface area contributed by atoms with E-state index in [2.05, 4.69) is 85.3 Å². The molecule has 0 N–H and O–H groups in total. The molecule has 0 saturated heterocycles. The van der Waals surface area contributed by atoms with Crippen LogP contribution in [0.2, 0.25) is 0 Å². The van der Waals surface area contributed by atoms with Crippen molar-refractivity contribution in [2.45, 2.75) is 139 Å². The minimum atomic E-state index is -0.445. The fraction of sp³-hybridized carbons (Fsp3) is 0.722. The minimum Gasteiger partial charge on any atom is -0.347 e. The maximum absolute atomic E-state index is 13.3. The van der Waals surface area contributed by atoms with Gasteiger partial charge in [-0.15, -0.1) is 5.10 Å². The number of hydrogen-bond donors (Lipinski definition) is 0. The Hall–Kier alpha value is -2.86. The Morgan fingerprint density at radius 1 is 0.956 bits per heavy atom. The number of unbranched alkanes of at least 4 members (excludes halogenated alkanes) is 2. The molecular formula is C36H57N7OS. The lowest BCUT2D eigenvalue weighted by Gasteiger charge is -2.30. The summed E-state index contributed by atoms with van der Waals surface area (Å²) in [7, 11) is 0. The monoisotopic (exact) mass is 635 g/mol. The average molecular weight is 636 g/mol. The van der Waals surface area contributed by atoms with Gasteiger partial charge in [-0.1, -0.05) is 119 Å². The molecule has 9 heteroatoms. The van der Waals surface area contributed by atoms with Crippen LogP contribution in [0.1, 0.15) is 150 Å². The molecule has 1 aliphatic rings. The van der Waals surface area contributed by atoms with Gasteiger partial charge in [-0.05, 0) is 37.0 Å². The summed E-state index contributed by atoms with van der Waals surface area (Å²) in [6.07, 6.45) is 10.3. The van der Waals surface area contributed by atoms with Gasteiger partial charge < -0.3 is 4.90 Å². The van der Waals surface area contributed by atoms with Gasteiger partial charge in [-0.2, -0.15) is 9.94 Å². The highest BCUT2D eigenvalue weighted by molar-refractivity contribution is 7.19. The van der Waals surface area contributed by atoms with Gasteiger partial charge in [-0.25, -0.2) is 15.0 Å². The third-order valence-corrected chi connectivity index (χ3v) is 9.65. The molecule has 0 spiro atoms. The van der Waals surface area contributed by atoms with E-state index in [1.807, 2.05) is 0 Å². The third-order valence-electron chi connectivity index (χ3n) is 8.64. The van der Waals surface area contributed by atoms with Gasteiger partial charge in [0.2, 0.25) is 0 Å². The molecule has 248 valence electrons. The van der Waals surface area contributed by atoms with E-state index in [1.165, 1.54) is 43.2 Å². The quantitative estimate of drug-likeness (QED) is 0.193. The zero-order valence-corrected chi connectivity index (χ0v) is 30.7. The molecule has 2 unspecified atom stereocenters. The number of carbonyl (C=O) groups is 1. The maximum Gasteiger partial charge on any atom is 0.291 e. The van der Waals surface area contributed by atoms with E-state index in [4.69, 9.17) is 15.0 Å². The first-order valence-electron chi connectivity index (χ1n) is 17.1. The highest BCUT2D eigenvalue weighted by atomic mass is 32.1. The molecule has 1 aliphatic heterocycles. The maximum atomic E-state index is 13.3. The molecule has 2 aromatic heterocycles. The van der Waals surface area contributed by atoms with Crippen molar-refractivity contribution >= 4 is 33.1 Å². The summed E-state index contributed by atoms with van der Waals surface area (Å²) >= 11 is 1.62. The molecule has 0 aliphatic carbocycles. The number of nitrogens with zero attached hydrogens (tertiary/aromatic N) is 7. The number of carbonyl (C=O) groups excluding carboxylic acids is 1. The second-order valence-corrected chi connectivity index (χ2v) is 16.0. The second-order valence-electron chi connectivity index (χ2n) is 15.0. The van der Waals surface area contributed by atoms with Crippen LogP contribution < -0.4 is 4.90 Å². The van der Waals surface area contributed by atoms with Gasteiger partial charge in [0.05, 0.1) is 5.69 Å². The number of thiazole rings is 1. The van der Waals surface area contributed by atoms with Gasteiger partial charge in [-0.3, -0.25) is 4.79 Å². The Bertz CT molecular complexity index is 1390. The third kappa shape index (κ3) is 9.34. The van der Waals surface area contributed by atoms with Crippen LogP contribution in [0.3, 0.4) is 0 Å². The van der Waals surface area contributed by atoms with Crippen LogP contribution in [-0.2, 0) is 11.8 Å². The number of aliphatic imine (C=N–C) groups is 1. The van der Waals surface area contributed by atoms with Crippen molar-refractivity contribution in [3.8, 4) is 6.07 Å². The molecule has 0 radical (unpaired) electrons. The summed E-state index contributed by atoms with van der Waals surface area (Å²) in [5, 5.41) is 16.3. The minimum absolute atomic E-state index is 0.0561. The summed E-state index contributed by atoms with van der Waals surface area (Å²) in [5.74, 6) is 1.75. The zero-order valence-electron chi connectivity index (χ0n) is 29.9. The first kappa shape index (κ1) is 36.6. The molecule has 0 aromatic carbocycles. The Morgan fingerprint density at radius 2 is 1.53 bits per heavy atom. The average Bonchev–Trinajstić information content (AvgIpc) is 3.58. The van der Waals surface area contributed by atoms with Crippen LogP contribution in [0.25, 0.3) is 0 Å². The van der Waals surface area contributed by atoms with Crippen molar-refractivity contribution < 1.29 is 4.79 Å². The van der Waals surface area contributed by atoms with E-state index in [0.717, 1.165) is 41.8 Å². The van der Waals surface area contributed by atoms with E-state index >= 15 is 0 Å². The number of anilines is 1. The van der Waals surface area contributed by atoms with Gasteiger partial charge in [0.15, 0.2) is 16.8 Å². The first-order valence-corrected chi connectivity index (χ1v) is 18.0.